The molecule has 3 unspecified atom stereocenters. The van der Waals surface area contributed by atoms with Crippen LogP contribution in [0.4, 0.5) is 5.69 Å². The van der Waals surface area contributed by atoms with Gasteiger partial charge in [-0.3, -0.25) is 4.79 Å². The van der Waals surface area contributed by atoms with E-state index in [4.69, 9.17) is 0 Å². The Morgan fingerprint density at radius 2 is 1.90 bits per heavy atom. The second kappa shape index (κ2) is 6.18. The molecule has 21 heavy (non-hydrogen) atoms. The number of carbonyl (C=O) groups is 1. The predicted octanol–water partition coefficient (Wildman–Crippen LogP) is 3.65. The van der Waals surface area contributed by atoms with Crippen molar-refractivity contribution in [3.8, 4) is 0 Å². The van der Waals surface area contributed by atoms with Gasteiger partial charge in [-0.15, -0.1) is 0 Å². The molecular formula is C18H26N2O. The molecule has 1 amide bonds. The summed E-state index contributed by atoms with van der Waals surface area (Å²) in [6.07, 6.45) is 7.14. The van der Waals surface area contributed by atoms with E-state index in [1.54, 1.807) is 4.90 Å². The number of anilines is 1. The molecule has 1 N–H and O–H groups in total. The van der Waals surface area contributed by atoms with Crippen molar-refractivity contribution in [2.24, 2.45) is 5.92 Å². The van der Waals surface area contributed by atoms with Crippen molar-refractivity contribution < 1.29 is 4.79 Å². The predicted molar refractivity (Wildman–Crippen MR) is 86.4 cm³/mol. The first kappa shape index (κ1) is 14.6. The number of rotatable bonds is 2. The van der Waals surface area contributed by atoms with Gasteiger partial charge in [0, 0.05) is 31.2 Å². The first-order valence-corrected chi connectivity index (χ1v) is 8.28. The van der Waals surface area contributed by atoms with Gasteiger partial charge < -0.3 is 10.2 Å². The van der Waals surface area contributed by atoms with E-state index in [9.17, 15) is 4.79 Å². The zero-order chi connectivity index (χ0) is 14.8. The standard InChI is InChI=1S/C18H26N2O/c1-13-8-4-3-5-10-15(13)19-16-12-18(21)20(2)17-11-7-6-9-14(16)17/h6-7,9,11,13,15-16,19H,3-5,8,10,12H2,1-2H3. The molecule has 3 rings (SSSR count). The van der Waals surface area contributed by atoms with Gasteiger partial charge in [-0.2, -0.15) is 0 Å². The monoisotopic (exact) mass is 286 g/mol. The molecule has 0 saturated heterocycles. The summed E-state index contributed by atoms with van der Waals surface area (Å²) >= 11 is 0. The maximum atomic E-state index is 12.2. The highest BCUT2D eigenvalue weighted by molar-refractivity contribution is 5.96. The van der Waals surface area contributed by atoms with Gasteiger partial charge in [0.2, 0.25) is 5.91 Å². The summed E-state index contributed by atoms with van der Waals surface area (Å²) in [5.41, 5.74) is 2.34. The highest BCUT2D eigenvalue weighted by atomic mass is 16.2. The third kappa shape index (κ3) is 2.98. The Morgan fingerprint density at radius 3 is 2.76 bits per heavy atom. The van der Waals surface area contributed by atoms with Gasteiger partial charge in [0.15, 0.2) is 0 Å². The number of nitrogens with zero attached hydrogens (tertiary/aromatic N) is 1. The molecule has 0 bridgehead atoms. The third-order valence-electron chi connectivity index (χ3n) is 5.20. The SMILES string of the molecule is CC1CCCCCC1NC1CC(=O)N(C)c2ccccc21. The normalized spacial score (nSPS) is 29.9. The Kier molecular flexibility index (Phi) is 4.29. The van der Waals surface area contributed by atoms with E-state index < -0.39 is 0 Å². The lowest BCUT2D eigenvalue weighted by Crippen LogP contribution is -2.43. The molecule has 0 spiro atoms. The van der Waals surface area contributed by atoms with E-state index in [-0.39, 0.29) is 11.9 Å². The van der Waals surface area contributed by atoms with Crippen molar-refractivity contribution in [3.05, 3.63) is 29.8 Å². The van der Waals surface area contributed by atoms with Crippen LogP contribution in [0.15, 0.2) is 24.3 Å². The van der Waals surface area contributed by atoms with Crippen LogP contribution in [0.25, 0.3) is 0 Å². The highest BCUT2D eigenvalue weighted by Crippen LogP contribution is 2.35. The molecule has 1 fully saturated rings. The second-order valence-corrected chi connectivity index (χ2v) is 6.66. The number of hydrogen-bond donors (Lipinski definition) is 1. The zero-order valence-corrected chi connectivity index (χ0v) is 13.1. The summed E-state index contributed by atoms with van der Waals surface area (Å²) in [5.74, 6) is 0.918. The summed E-state index contributed by atoms with van der Waals surface area (Å²) < 4.78 is 0. The number of carbonyl (C=O) groups excluding carboxylic acids is 1. The smallest absolute Gasteiger partial charge is 0.228 e. The fraction of sp³-hybridized carbons (Fsp3) is 0.611. The quantitative estimate of drug-likeness (QED) is 0.842. The first-order valence-electron chi connectivity index (χ1n) is 8.28. The third-order valence-corrected chi connectivity index (χ3v) is 5.20. The van der Waals surface area contributed by atoms with Gasteiger partial charge in [0.25, 0.3) is 0 Å². The van der Waals surface area contributed by atoms with Crippen LogP contribution >= 0.6 is 0 Å². The molecule has 1 aromatic rings. The summed E-state index contributed by atoms with van der Waals surface area (Å²) in [7, 11) is 1.88. The number of amides is 1. The fourth-order valence-corrected chi connectivity index (χ4v) is 3.79. The molecule has 0 aromatic heterocycles. The van der Waals surface area contributed by atoms with Crippen LogP contribution in [0.2, 0.25) is 0 Å². The topological polar surface area (TPSA) is 32.3 Å². The minimum absolute atomic E-state index is 0.176. The van der Waals surface area contributed by atoms with Crippen molar-refractivity contribution in [2.75, 3.05) is 11.9 Å². The lowest BCUT2D eigenvalue weighted by molar-refractivity contribution is -0.119. The van der Waals surface area contributed by atoms with E-state index >= 15 is 0 Å². The maximum absolute atomic E-state index is 12.2. The molecule has 3 heteroatoms. The number of hydrogen-bond acceptors (Lipinski definition) is 2. The van der Waals surface area contributed by atoms with Gasteiger partial charge in [-0.25, -0.2) is 0 Å². The lowest BCUT2D eigenvalue weighted by Gasteiger charge is -2.35. The van der Waals surface area contributed by atoms with Gasteiger partial charge in [0.05, 0.1) is 0 Å². The van der Waals surface area contributed by atoms with E-state index in [0.29, 0.717) is 18.4 Å². The Labute approximate surface area is 127 Å². The molecule has 2 aliphatic rings. The molecule has 1 saturated carbocycles. The zero-order valence-electron chi connectivity index (χ0n) is 13.1. The summed E-state index contributed by atoms with van der Waals surface area (Å²) in [6.45, 7) is 2.35. The molecule has 1 aliphatic carbocycles. The van der Waals surface area contributed by atoms with Crippen molar-refractivity contribution in [1.29, 1.82) is 0 Å². The van der Waals surface area contributed by atoms with Crippen LogP contribution in [0.3, 0.4) is 0 Å². The highest BCUT2D eigenvalue weighted by Gasteiger charge is 2.31. The van der Waals surface area contributed by atoms with Crippen LogP contribution in [-0.2, 0) is 4.79 Å². The Balaban J connectivity index is 1.82. The Bertz CT molecular complexity index is 514. The average Bonchev–Trinajstić information content (AvgIpc) is 2.70. The molecule has 1 aliphatic heterocycles. The minimum Gasteiger partial charge on any atom is -0.315 e. The average molecular weight is 286 g/mol. The van der Waals surface area contributed by atoms with E-state index in [1.165, 1.54) is 37.7 Å². The molecular weight excluding hydrogens is 260 g/mol. The molecule has 114 valence electrons. The second-order valence-electron chi connectivity index (χ2n) is 6.66. The first-order chi connectivity index (χ1) is 10.2. The van der Waals surface area contributed by atoms with E-state index in [2.05, 4.69) is 30.4 Å². The fourth-order valence-electron chi connectivity index (χ4n) is 3.79. The molecule has 1 aromatic carbocycles. The molecule has 3 nitrogen and oxygen atoms in total. The van der Waals surface area contributed by atoms with Gasteiger partial charge in [0.1, 0.15) is 0 Å². The van der Waals surface area contributed by atoms with Crippen LogP contribution in [0.5, 0.6) is 0 Å². The van der Waals surface area contributed by atoms with Crippen molar-refractivity contribution in [2.45, 2.75) is 57.5 Å². The van der Waals surface area contributed by atoms with Crippen LogP contribution < -0.4 is 10.2 Å². The van der Waals surface area contributed by atoms with E-state index in [1.807, 2.05) is 13.1 Å². The van der Waals surface area contributed by atoms with Crippen LogP contribution in [-0.4, -0.2) is 19.0 Å². The Morgan fingerprint density at radius 1 is 1.14 bits per heavy atom. The summed E-state index contributed by atoms with van der Waals surface area (Å²) in [6, 6.07) is 9.03. The van der Waals surface area contributed by atoms with Gasteiger partial charge in [-0.1, -0.05) is 44.4 Å². The van der Waals surface area contributed by atoms with Crippen LogP contribution in [0, 0.1) is 5.92 Å². The number of benzene rings is 1. The Hall–Kier alpha value is -1.35. The van der Waals surface area contributed by atoms with Crippen molar-refractivity contribution >= 4 is 11.6 Å². The number of para-hydroxylation sites is 1. The molecule has 0 radical (unpaired) electrons. The van der Waals surface area contributed by atoms with E-state index in [0.717, 1.165) is 5.69 Å². The van der Waals surface area contributed by atoms with Crippen LogP contribution in [0.1, 0.15) is 57.1 Å². The lowest BCUT2D eigenvalue weighted by atomic mass is 9.91. The molecule has 1 heterocycles. The maximum Gasteiger partial charge on any atom is 0.228 e. The number of fused-ring (bicyclic) bond motifs is 1. The number of nitrogens with one attached hydrogen (secondary N) is 1. The van der Waals surface area contributed by atoms with Crippen molar-refractivity contribution in [3.63, 3.8) is 0 Å². The summed E-state index contributed by atoms with van der Waals surface area (Å²) in [5, 5.41) is 3.81. The largest absolute Gasteiger partial charge is 0.315 e. The van der Waals surface area contributed by atoms with Crippen molar-refractivity contribution in [1.82, 2.24) is 5.32 Å². The molecule has 3 atom stereocenters. The minimum atomic E-state index is 0.176. The van der Waals surface area contributed by atoms with Gasteiger partial charge >= 0.3 is 0 Å². The summed E-state index contributed by atoms with van der Waals surface area (Å²) in [4.78, 5) is 14.0. The van der Waals surface area contributed by atoms with Gasteiger partial charge in [-0.05, 0) is 30.4 Å².